The summed E-state index contributed by atoms with van der Waals surface area (Å²) >= 11 is 1.19. The molecule has 4 rings (SSSR count). The van der Waals surface area contributed by atoms with Gasteiger partial charge in [-0.25, -0.2) is 13.4 Å². The second-order valence-electron chi connectivity index (χ2n) is 7.57. The van der Waals surface area contributed by atoms with E-state index >= 15 is 0 Å². The van der Waals surface area contributed by atoms with E-state index in [0.29, 0.717) is 41.6 Å². The van der Waals surface area contributed by atoms with Crippen LogP contribution in [0.25, 0.3) is 11.3 Å². The van der Waals surface area contributed by atoms with Crippen LogP contribution in [-0.2, 0) is 14.8 Å². The van der Waals surface area contributed by atoms with Crippen molar-refractivity contribution in [1.82, 2.24) is 4.98 Å². The standard InChI is InChI=1S/C23H25N3O5S2/c1-5-26-18-11-16(7-8-19(18)31-12-22(26)27)17-13-32-23(24-17)25-33(28,29)21-10-14(3)20(30-6-2)9-15(21)4/h7-11,13H,5-6,12H2,1-4H3,(H,24,25). The summed E-state index contributed by atoms with van der Waals surface area (Å²) in [6, 6.07) is 8.82. The number of nitrogens with zero attached hydrogens (tertiary/aromatic N) is 2. The number of rotatable bonds is 7. The first-order chi connectivity index (χ1) is 15.7. The van der Waals surface area contributed by atoms with Crippen molar-refractivity contribution in [1.29, 1.82) is 0 Å². The Balaban J connectivity index is 1.60. The van der Waals surface area contributed by atoms with Crippen molar-refractivity contribution in [2.45, 2.75) is 32.6 Å². The molecule has 174 valence electrons. The third kappa shape index (κ3) is 4.53. The number of thiazole rings is 1. The normalized spacial score (nSPS) is 13.5. The number of hydrogen-bond acceptors (Lipinski definition) is 7. The molecule has 1 N–H and O–H groups in total. The summed E-state index contributed by atoms with van der Waals surface area (Å²) in [5.74, 6) is 1.20. The predicted molar refractivity (Wildman–Crippen MR) is 129 cm³/mol. The molecule has 0 atom stereocenters. The molecule has 0 spiro atoms. The summed E-state index contributed by atoms with van der Waals surface area (Å²) in [6.45, 7) is 8.39. The van der Waals surface area contributed by atoms with Crippen molar-refractivity contribution in [2.24, 2.45) is 0 Å². The van der Waals surface area contributed by atoms with Gasteiger partial charge in [0.2, 0.25) is 0 Å². The van der Waals surface area contributed by atoms with E-state index in [0.717, 1.165) is 11.1 Å². The molecular formula is C23H25N3O5S2. The van der Waals surface area contributed by atoms with E-state index in [4.69, 9.17) is 9.47 Å². The fraction of sp³-hybridized carbons (Fsp3) is 0.304. The molecule has 1 aromatic heterocycles. The van der Waals surface area contributed by atoms with Gasteiger partial charge in [-0.3, -0.25) is 9.52 Å². The van der Waals surface area contributed by atoms with Gasteiger partial charge in [0.15, 0.2) is 11.7 Å². The summed E-state index contributed by atoms with van der Waals surface area (Å²) in [5.41, 5.74) is 3.39. The van der Waals surface area contributed by atoms with E-state index < -0.39 is 10.0 Å². The van der Waals surface area contributed by atoms with Crippen molar-refractivity contribution < 1.29 is 22.7 Å². The first-order valence-electron chi connectivity index (χ1n) is 10.5. The molecule has 2 heterocycles. The molecule has 10 heteroatoms. The summed E-state index contributed by atoms with van der Waals surface area (Å²) in [6.07, 6.45) is 0. The molecule has 0 saturated carbocycles. The van der Waals surface area contributed by atoms with Crippen LogP contribution in [0.4, 0.5) is 10.8 Å². The second kappa shape index (κ2) is 9.03. The minimum absolute atomic E-state index is 0.0211. The number of likely N-dealkylation sites (N-methyl/N-ethyl adjacent to an activating group) is 1. The van der Waals surface area contributed by atoms with E-state index in [1.807, 2.05) is 32.9 Å². The molecule has 0 aliphatic carbocycles. The van der Waals surface area contributed by atoms with Crippen LogP contribution in [0, 0.1) is 13.8 Å². The summed E-state index contributed by atoms with van der Waals surface area (Å²) < 4.78 is 39.8. The fourth-order valence-corrected chi connectivity index (χ4v) is 5.98. The van der Waals surface area contributed by atoms with Crippen LogP contribution in [0.1, 0.15) is 25.0 Å². The molecule has 0 saturated heterocycles. The van der Waals surface area contributed by atoms with Gasteiger partial charge in [0.05, 0.1) is 22.9 Å². The Kier molecular flexibility index (Phi) is 6.31. The SMILES string of the molecule is CCOc1cc(C)c(S(=O)(=O)Nc2nc(-c3ccc4c(c3)N(CC)C(=O)CO4)cs2)cc1C. The number of carbonyl (C=O) groups is 1. The average Bonchev–Trinajstić information content (AvgIpc) is 3.23. The van der Waals surface area contributed by atoms with Crippen molar-refractivity contribution in [3.05, 3.63) is 46.8 Å². The zero-order chi connectivity index (χ0) is 23.8. The van der Waals surface area contributed by atoms with Crippen LogP contribution in [0.15, 0.2) is 40.6 Å². The van der Waals surface area contributed by atoms with Crippen LogP contribution in [0.2, 0.25) is 0 Å². The van der Waals surface area contributed by atoms with Gasteiger partial charge in [-0.15, -0.1) is 11.3 Å². The number of ether oxygens (including phenoxy) is 2. The van der Waals surface area contributed by atoms with Crippen molar-refractivity contribution in [3.8, 4) is 22.8 Å². The highest BCUT2D eigenvalue weighted by Gasteiger charge is 2.25. The third-order valence-electron chi connectivity index (χ3n) is 5.30. The molecule has 0 fully saturated rings. The van der Waals surface area contributed by atoms with Crippen LogP contribution < -0.4 is 19.1 Å². The Morgan fingerprint density at radius 2 is 1.97 bits per heavy atom. The number of aryl methyl sites for hydroxylation is 2. The van der Waals surface area contributed by atoms with Crippen LogP contribution in [-0.4, -0.2) is 39.1 Å². The first-order valence-corrected chi connectivity index (χ1v) is 12.9. The molecule has 3 aromatic rings. The topological polar surface area (TPSA) is 97.8 Å². The maximum absolute atomic E-state index is 13.1. The molecule has 33 heavy (non-hydrogen) atoms. The van der Waals surface area contributed by atoms with Crippen LogP contribution >= 0.6 is 11.3 Å². The molecule has 8 nitrogen and oxygen atoms in total. The first kappa shape index (κ1) is 23.1. The third-order valence-corrected chi connectivity index (χ3v) is 7.67. The molecule has 1 aliphatic rings. The molecule has 0 bridgehead atoms. The maximum atomic E-state index is 13.1. The number of anilines is 2. The second-order valence-corrected chi connectivity index (χ2v) is 10.1. The van der Waals surface area contributed by atoms with E-state index in [2.05, 4.69) is 9.71 Å². The number of benzene rings is 2. The molecular weight excluding hydrogens is 462 g/mol. The zero-order valence-corrected chi connectivity index (χ0v) is 20.5. The molecule has 1 amide bonds. The molecule has 1 aliphatic heterocycles. The smallest absolute Gasteiger partial charge is 0.265 e. The van der Waals surface area contributed by atoms with E-state index in [1.165, 1.54) is 11.3 Å². The minimum Gasteiger partial charge on any atom is -0.494 e. The summed E-state index contributed by atoms with van der Waals surface area (Å²) in [7, 11) is -3.83. The lowest BCUT2D eigenvalue weighted by molar-refractivity contribution is -0.121. The number of sulfonamides is 1. The lowest BCUT2D eigenvalue weighted by Crippen LogP contribution is -2.38. The highest BCUT2D eigenvalue weighted by Crippen LogP contribution is 2.37. The van der Waals surface area contributed by atoms with Gasteiger partial charge in [0.1, 0.15) is 11.5 Å². The molecule has 0 radical (unpaired) electrons. The van der Waals surface area contributed by atoms with Gasteiger partial charge in [0.25, 0.3) is 15.9 Å². The van der Waals surface area contributed by atoms with Gasteiger partial charge in [0, 0.05) is 17.5 Å². The number of fused-ring (bicyclic) bond motifs is 1. The highest BCUT2D eigenvalue weighted by atomic mass is 32.2. The zero-order valence-electron chi connectivity index (χ0n) is 18.8. The van der Waals surface area contributed by atoms with E-state index in [-0.39, 0.29) is 22.5 Å². The Labute approximate surface area is 197 Å². The van der Waals surface area contributed by atoms with Crippen molar-refractivity contribution in [3.63, 3.8) is 0 Å². The monoisotopic (exact) mass is 487 g/mol. The maximum Gasteiger partial charge on any atom is 0.265 e. The lowest BCUT2D eigenvalue weighted by atomic mass is 10.1. The Morgan fingerprint density at radius 3 is 2.70 bits per heavy atom. The fourth-order valence-electron chi connectivity index (χ4n) is 3.69. The molecule has 2 aromatic carbocycles. The van der Waals surface area contributed by atoms with Crippen LogP contribution in [0.5, 0.6) is 11.5 Å². The number of hydrogen-bond donors (Lipinski definition) is 1. The van der Waals surface area contributed by atoms with E-state index in [1.54, 1.807) is 35.4 Å². The Hall–Kier alpha value is -3.11. The van der Waals surface area contributed by atoms with Gasteiger partial charge >= 0.3 is 0 Å². The highest BCUT2D eigenvalue weighted by molar-refractivity contribution is 7.93. The Bertz CT molecular complexity index is 1320. The van der Waals surface area contributed by atoms with Gasteiger partial charge in [-0.05, 0) is 69.2 Å². The largest absolute Gasteiger partial charge is 0.494 e. The van der Waals surface area contributed by atoms with Gasteiger partial charge < -0.3 is 14.4 Å². The average molecular weight is 488 g/mol. The van der Waals surface area contributed by atoms with Crippen molar-refractivity contribution in [2.75, 3.05) is 29.4 Å². The minimum atomic E-state index is -3.83. The summed E-state index contributed by atoms with van der Waals surface area (Å²) in [5, 5.41) is 2.03. The van der Waals surface area contributed by atoms with Crippen LogP contribution in [0.3, 0.4) is 0 Å². The number of amides is 1. The predicted octanol–water partition coefficient (Wildman–Crippen LogP) is 4.37. The summed E-state index contributed by atoms with van der Waals surface area (Å²) in [4.78, 5) is 18.5. The van der Waals surface area contributed by atoms with Crippen molar-refractivity contribution >= 4 is 38.1 Å². The number of carbonyl (C=O) groups excluding carboxylic acids is 1. The van der Waals surface area contributed by atoms with Gasteiger partial charge in [-0.2, -0.15) is 0 Å². The van der Waals surface area contributed by atoms with Gasteiger partial charge in [-0.1, -0.05) is 0 Å². The quantitative estimate of drug-likeness (QED) is 0.531. The van der Waals surface area contributed by atoms with E-state index in [9.17, 15) is 13.2 Å². The number of nitrogens with one attached hydrogen (secondary N) is 1. The number of aromatic nitrogens is 1. The Morgan fingerprint density at radius 1 is 1.18 bits per heavy atom. The molecule has 0 unspecified atom stereocenters. The lowest BCUT2D eigenvalue weighted by Gasteiger charge is -2.28.